The van der Waals surface area contributed by atoms with E-state index >= 15 is 0 Å². The van der Waals surface area contributed by atoms with Gasteiger partial charge in [0.15, 0.2) is 5.16 Å². The summed E-state index contributed by atoms with van der Waals surface area (Å²) in [5, 5.41) is 8.77. The van der Waals surface area contributed by atoms with Crippen LogP contribution in [0.15, 0.2) is 9.95 Å². The summed E-state index contributed by atoms with van der Waals surface area (Å²) < 4.78 is 3.55. The van der Waals surface area contributed by atoms with Gasteiger partial charge in [-0.1, -0.05) is 31.5 Å². The molecule has 0 unspecified atom stereocenters. The Balaban J connectivity index is 1.59. The van der Waals surface area contributed by atoms with Crippen molar-refractivity contribution in [2.75, 3.05) is 11.1 Å². The molecular formula is C22H29N5O2S2. The second-order valence-electron chi connectivity index (χ2n) is 8.10. The number of thiophene rings is 1. The third kappa shape index (κ3) is 4.30. The molecule has 9 heteroatoms. The van der Waals surface area contributed by atoms with Gasteiger partial charge in [0.2, 0.25) is 5.91 Å². The van der Waals surface area contributed by atoms with E-state index in [9.17, 15) is 9.59 Å². The first-order valence-corrected chi connectivity index (χ1v) is 12.7. The fourth-order valence-corrected chi connectivity index (χ4v) is 6.27. The van der Waals surface area contributed by atoms with Gasteiger partial charge in [0.1, 0.15) is 4.83 Å². The molecule has 0 aromatic carbocycles. The normalized spacial score (nSPS) is 13.2. The van der Waals surface area contributed by atoms with Gasteiger partial charge in [-0.2, -0.15) is 5.10 Å². The number of fused-ring (bicyclic) bond motifs is 3. The molecule has 0 radical (unpaired) electrons. The van der Waals surface area contributed by atoms with E-state index in [1.165, 1.54) is 22.2 Å². The summed E-state index contributed by atoms with van der Waals surface area (Å²) in [6.45, 7) is 6.61. The number of aromatic nitrogens is 4. The van der Waals surface area contributed by atoms with Gasteiger partial charge in [-0.3, -0.25) is 18.8 Å². The minimum Gasteiger partial charge on any atom is -0.322 e. The molecule has 0 aliphatic heterocycles. The van der Waals surface area contributed by atoms with E-state index in [0.29, 0.717) is 11.7 Å². The van der Waals surface area contributed by atoms with Gasteiger partial charge >= 0.3 is 0 Å². The molecule has 1 aliphatic carbocycles. The highest BCUT2D eigenvalue weighted by Crippen LogP contribution is 2.35. The summed E-state index contributed by atoms with van der Waals surface area (Å²) in [5.41, 5.74) is 3.73. The number of hydrogen-bond donors (Lipinski definition) is 1. The summed E-state index contributed by atoms with van der Waals surface area (Å²) in [4.78, 5) is 33.0. The average molecular weight is 460 g/mol. The van der Waals surface area contributed by atoms with Crippen molar-refractivity contribution >= 4 is 44.9 Å². The molecule has 0 saturated heterocycles. The molecule has 3 aromatic heterocycles. The molecule has 1 N–H and O–H groups in total. The predicted octanol–water partition coefficient (Wildman–Crippen LogP) is 4.22. The first-order chi connectivity index (χ1) is 14.9. The number of aryl methyl sites for hydroxylation is 4. The van der Waals surface area contributed by atoms with E-state index in [1.807, 2.05) is 20.9 Å². The van der Waals surface area contributed by atoms with Crippen molar-refractivity contribution < 1.29 is 4.79 Å². The molecule has 3 heterocycles. The number of hydrogen-bond acceptors (Lipinski definition) is 6. The Labute approximate surface area is 190 Å². The maximum atomic E-state index is 13.4. The lowest BCUT2D eigenvalue weighted by Crippen LogP contribution is -2.24. The van der Waals surface area contributed by atoms with Crippen LogP contribution in [0.5, 0.6) is 0 Å². The molecule has 7 nitrogen and oxygen atoms in total. The number of anilines is 1. The van der Waals surface area contributed by atoms with E-state index in [0.717, 1.165) is 65.8 Å². The number of thioether (sulfide) groups is 1. The predicted molar refractivity (Wildman–Crippen MR) is 127 cm³/mol. The van der Waals surface area contributed by atoms with Crippen molar-refractivity contribution in [3.8, 4) is 0 Å². The van der Waals surface area contributed by atoms with Crippen LogP contribution in [0, 0.1) is 13.8 Å². The highest BCUT2D eigenvalue weighted by molar-refractivity contribution is 7.99. The van der Waals surface area contributed by atoms with Gasteiger partial charge in [0.25, 0.3) is 5.56 Å². The fraction of sp³-hybridized carbons (Fsp3) is 0.545. The van der Waals surface area contributed by atoms with E-state index in [2.05, 4.69) is 17.3 Å². The standard InChI is InChI=1S/C22H29N5O2S2/c1-5-6-7-11-27-21(29)18-15-9-8-10-16(15)31-20(18)24-22(27)30-12-17(28)23-19-13(2)25-26(4)14(19)3/h5-12H2,1-4H3,(H,23,28). The molecule has 0 spiro atoms. The Morgan fingerprint density at radius 2 is 2.06 bits per heavy atom. The minimum absolute atomic E-state index is 0.0577. The largest absolute Gasteiger partial charge is 0.322 e. The number of nitrogens with one attached hydrogen (secondary N) is 1. The Kier molecular flexibility index (Phi) is 6.52. The Morgan fingerprint density at radius 3 is 2.77 bits per heavy atom. The molecule has 31 heavy (non-hydrogen) atoms. The Morgan fingerprint density at radius 1 is 1.26 bits per heavy atom. The molecule has 1 amide bonds. The maximum absolute atomic E-state index is 13.4. The van der Waals surface area contributed by atoms with E-state index in [-0.39, 0.29) is 17.2 Å². The number of amides is 1. The Hall–Kier alpha value is -2.13. The van der Waals surface area contributed by atoms with Crippen LogP contribution in [0.1, 0.15) is 54.4 Å². The van der Waals surface area contributed by atoms with Gasteiger partial charge in [-0.05, 0) is 45.1 Å². The zero-order valence-corrected chi connectivity index (χ0v) is 20.2. The van der Waals surface area contributed by atoms with Crippen LogP contribution in [0.3, 0.4) is 0 Å². The summed E-state index contributed by atoms with van der Waals surface area (Å²) in [6.07, 6.45) is 6.23. The molecule has 0 fully saturated rings. The first kappa shape index (κ1) is 22.1. The molecule has 0 saturated carbocycles. The van der Waals surface area contributed by atoms with Crippen LogP contribution < -0.4 is 10.9 Å². The van der Waals surface area contributed by atoms with Crippen molar-refractivity contribution in [1.29, 1.82) is 0 Å². The topological polar surface area (TPSA) is 81.8 Å². The smallest absolute Gasteiger partial charge is 0.263 e. The quantitative estimate of drug-likeness (QED) is 0.310. The van der Waals surface area contributed by atoms with E-state index < -0.39 is 0 Å². The number of nitrogens with zero attached hydrogens (tertiary/aromatic N) is 4. The number of carbonyl (C=O) groups excluding carboxylic acids is 1. The van der Waals surface area contributed by atoms with Crippen molar-refractivity contribution in [2.24, 2.45) is 7.05 Å². The molecule has 0 bridgehead atoms. The molecule has 0 atom stereocenters. The third-order valence-electron chi connectivity index (χ3n) is 5.88. The molecule has 4 rings (SSSR count). The second-order valence-corrected chi connectivity index (χ2v) is 10.1. The monoisotopic (exact) mass is 459 g/mol. The van der Waals surface area contributed by atoms with Gasteiger partial charge in [-0.25, -0.2) is 4.98 Å². The molecular weight excluding hydrogens is 430 g/mol. The van der Waals surface area contributed by atoms with Crippen molar-refractivity contribution in [1.82, 2.24) is 19.3 Å². The van der Waals surface area contributed by atoms with Crippen LogP contribution in [-0.2, 0) is 31.2 Å². The third-order valence-corrected chi connectivity index (χ3v) is 8.04. The van der Waals surface area contributed by atoms with Crippen molar-refractivity contribution in [3.63, 3.8) is 0 Å². The van der Waals surface area contributed by atoms with Crippen LogP contribution in [0.25, 0.3) is 10.2 Å². The number of carbonyl (C=O) groups is 1. The summed E-state index contributed by atoms with van der Waals surface area (Å²) in [6, 6.07) is 0. The van der Waals surface area contributed by atoms with Crippen molar-refractivity contribution in [3.05, 3.63) is 32.2 Å². The lowest BCUT2D eigenvalue weighted by molar-refractivity contribution is -0.113. The highest BCUT2D eigenvalue weighted by atomic mass is 32.2. The summed E-state index contributed by atoms with van der Waals surface area (Å²) in [5.74, 6) is 0.0808. The van der Waals surface area contributed by atoms with Crippen molar-refractivity contribution in [2.45, 2.75) is 71.0 Å². The second kappa shape index (κ2) is 9.16. The van der Waals surface area contributed by atoms with Crippen LogP contribution in [0.2, 0.25) is 0 Å². The average Bonchev–Trinajstić information content (AvgIpc) is 3.38. The summed E-state index contributed by atoms with van der Waals surface area (Å²) in [7, 11) is 1.86. The van der Waals surface area contributed by atoms with Crippen LogP contribution in [-0.4, -0.2) is 31.0 Å². The van der Waals surface area contributed by atoms with Crippen LogP contribution >= 0.6 is 23.1 Å². The van der Waals surface area contributed by atoms with E-state index in [4.69, 9.17) is 4.98 Å². The zero-order valence-electron chi connectivity index (χ0n) is 18.6. The molecule has 3 aromatic rings. The molecule has 166 valence electrons. The van der Waals surface area contributed by atoms with Gasteiger partial charge in [0, 0.05) is 18.5 Å². The lowest BCUT2D eigenvalue weighted by Gasteiger charge is -2.12. The summed E-state index contributed by atoms with van der Waals surface area (Å²) >= 11 is 2.99. The van der Waals surface area contributed by atoms with E-state index in [1.54, 1.807) is 20.6 Å². The maximum Gasteiger partial charge on any atom is 0.263 e. The highest BCUT2D eigenvalue weighted by Gasteiger charge is 2.23. The fourth-order valence-electron chi connectivity index (χ4n) is 4.15. The molecule has 1 aliphatic rings. The minimum atomic E-state index is -0.118. The zero-order chi connectivity index (χ0) is 22.1. The first-order valence-electron chi connectivity index (χ1n) is 10.9. The number of rotatable bonds is 8. The van der Waals surface area contributed by atoms with Gasteiger partial charge in [0.05, 0.1) is 28.2 Å². The SMILES string of the molecule is CCCCCn1c(SCC(=O)Nc2c(C)nn(C)c2C)nc2sc3c(c2c1=O)CCC3. The van der Waals surface area contributed by atoms with Crippen LogP contribution in [0.4, 0.5) is 5.69 Å². The van der Waals surface area contributed by atoms with Gasteiger partial charge in [-0.15, -0.1) is 11.3 Å². The Bertz CT molecular complexity index is 1190. The van der Waals surface area contributed by atoms with Gasteiger partial charge < -0.3 is 5.32 Å². The number of unbranched alkanes of at least 4 members (excludes halogenated alkanes) is 2. The lowest BCUT2D eigenvalue weighted by atomic mass is 10.2.